The number of anilines is 1. The first-order valence-corrected chi connectivity index (χ1v) is 9.46. The van der Waals surface area contributed by atoms with Gasteiger partial charge < -0.3 is 20.5 Å². The second kappa shape index (κ2) is 8.58. The summed E-state index contributed by atoms with van der Waals surface area (Å²) in [5.74, 6) is -0.00350. The molecule has 2 aromatic carbocycles. The Balaban J connectivity index is 1.95. The molecule has 3 aromatic rings. The second-order valence-corrected chi connectivity index (χ2v) is 6.89. The minimum atomic E-state index is -0.587. The van der Waals surface area contributed by atoms with Gasteiger partial charge in [-0.1, -0.05) is 30.3 Å². The molecular formula is C21H20N2O4S. The van der Waals surface area contributed by atoms with Crippen molar-refractivity contribution >= 4 is 28.8 Å². The van der Waals surface area contributed by atoms with Crippen LogP contribution in [0, 0.1) is 0 Å². The highest BCUT2D eigenvalue weighted by atomic mass is 32.1. The SMILES string of the molecule is CCOc1cc(-c2ccccc2)sc1C(=O)Nc1cc(C(N)=O)ccc1OC. The minimum absolute atomic E-state index is 0.275. The quantitative estimate of drug-likeness (QED) is 0.627. The van der Waals surface area contributed by atoms with Crippen molar-refractivity contribution in [3.05, 3.63) is 65.0 Å². The molecule has 0 atom stereocenters. The summed E-state index contributed by atoms with van der Waals surface area (Å²) in [6.45, 7) is 2.30. The van der Waals surface area contributed by atoms with Crippen LogP contribution < -0.4 is 20.5 Å². The van der Waals surface area contributed by atoms with Gasteiger partial charge in [-0.25, -0.2) is 0 Å². The van der Waals surface area contributed by atoms with E-state index in [0.29, 0.717) is 28.7 Å². The normalized spacial score (nSPS) is 10.4. The number of rotatable bonds is 7. The van der Waals surface area contributed by atoms with E-state index < -0.39 is 5.91 Å². The fourth-order valence-electron chi connectivity index (χ4n) is 2.68. The number of carbonyl (C=O) groups is 2. The van der Waals surface area contributed by atoms with Gasteiger partial charge in [0, 0.05) is 10.4 Å². The molecule has 7 heteroatoms. The summed E-state index contributed by atoms with van der Waals surface area (Å²) in [4.78, 5) is 25.8. The predicted octanol–water partition coefficient (Wildman–Crippen LogP) is 4.17. The molecule has 0 saturated heterocycles. The van der Waals surface area contributed by atoms with Crippen LogP contribution in [0.5, 0.6) is 11.5 Å². The fourth-order valence-corrected chi connectivity index (χ4v) is 3.68. The van der Waals surface area contributed by atoms with E-state index in [0.717, 1.165) is 10.4 Å². The van der Waals surface area contributed by atoms with Crippen molar-refractivity contribution in [3.8, 4) is 21.9 Å². The summed E-state index contributed by atoms with van der Waals surface area (Å²) in [6, 6.07) is 16.2. The largest absolute Gasteiger partial charge is 0.495 e. The maximum atomic E-state index is 13.0. The van der Waals surface area contributed by atoms with Crippen LogP contribution in [0.15, 0.2) is 54.6 Å². The second-order valence-electron chi connectivity index (χ2n) is 5.84. The van der Waals surface area contributed by atoms with E-state index >= 15 is 0 Å². The molecule has 2 amide bonds. The Bertz CT molecular complexity index is 999. The first kappa shape index (κ1) is 19.4. The minimum Gasteiger partial charge on any atom is -0.495 e. The number of thiophene rings is 1. The predicted molar refractivity (Wildman–Crippen MR) is 110 cm³/mol. The van der Waals surface area contributed by atoms with Crippen molar-refractivity contribution in [2.75, 3.05) is 19.0 Å². The standard InChI is InChI=1S/C21H20N2O4S/c1-3-27-17-12-18(13-7-5-4-6-8-13)28-19(17)21(25)23-15-11-14(20(22)24)9-10-16(15)26-2/h4-12H,3H2,1-2H3,(H2,22,24)(H,23,25). The topological polar surface area (TPSA) is 90.6 Å². The van der Waals surface area contributed by atoms with Crippen LogP contribution in [0.2, 0.25) is 0 Å². The lowest BCUT2D eigenvalue weighted by Crippen LogP contribution is -2.15. The van der Waals surface area contributed by atoms with Crippen molar-refractivity contribution in [1.29, 1.82) is 0 Å². The summed E-state index contributed by atoms with van der Waals surface area (Å²) in [5.41, 5.74) is 6.98. The first-order valence-electron chi connectivity index (χ1n) is 8.64. The van der Waals surface area contributed by atoms with E-state index in [1.165, 1.54) is 24.5 Å². The molecular weight excluding hydrogens is 376 g/mol. The van der Waals surface area contributed by atoms with Gasteiger partial charge in [0.1, 0.15) is 16.4 Å². The summed E-state index contributed by atoms with van der Waals surface area (Å²) in [5, 5.41) is 2.80. The zero-order valence-electron chi connectivity index (χ0n) is 15.5. The first-order chi connectivity index (χ1) is 13.5. The molecule has 0 aliphatic carbocycles. The highest BCUT2D eigenvalue weighted by Gasteiger charge is 2.20. The van der Waals surface area contributed by atoms with Gasteiger partial charge >= 0.3 is 0 Å². The van der Waals surface area contributed by atoms with E-state index in [-0.39, 0.29) is 11.5 Å². The van der Waals surface area contributed by atoms with Gasteiger partial charge in [-0.15, -0.1) is 11.3 Å². The molecule has 0 spiro atoms. The number of benzene rings is 2. The summed E-state index contributed by atoms with van der Waals surface area (Å²) in [7, 11) is 1.49. The van der Waals surface area contributed by atoms with Gasteiger partial charge in [-0.2, -0.15) is 0 Å². The van der Waals surface area contributed by atoms with E-state index in [2.05, 4.69) is 5.32 Å². The molecule has 6 nitrogen and oxygen atoms in total. The lowest BCUT2D eigenvalue weighted by molar-refractivity contribution is 0.0996. The van der Waals surface area contributed by atoms with Crippen molar-refractivity contribution in [3.63, 3.8) is 0 Å². The number of nitrogens with two attached hydrogens (primary N) is 1. The lowest BCUT2D eigenvalue weighted by Gasteiger charge is -2.11. The van der Waals surface area contributed by atoms with Crippen LogP contribution in [0.3, 0.4) is 0 Å². The Morgan fingerprint density at radius 2 is 1.82 bits per heavy atom. The number of amides is 2. The fraction of sp³-hybridized carbons (Fsp3) is 0.143. The lowest BCUT2D eigenvalue weighted by atomic mass is 10.1. The number of carbonyl (C=O) groups excluding carboxylic acids is 2. The van der Waals surface area contributed by atoms with E-state index in [1.54, 1.807) is 12.1 Å². The molecule has 0 radical (unpaired) electrons. The smallest absolute Gasteiger partial charge is 0.269 e. The Labute approximate surface area is 166 Å². The Morgan fingerprint density at radius 1 is 1.07 bits per heavy atom. The number of ether oxygens (including phenoxy) is 2. The monoisotopic (exact) mass is 396 g/mol. The van der Waals surface area contributed by atoms with Crippen molar-refractivity contribution in [1.82, 2.24) is 0 Å². The summed E-state index contributed by atoms with van der Waals surface area (Å²) < 4.78 is 10.9. The Kier molecular flexibility index (Phi) is 5.96. The molecule has 0 fully saturated rings. The third kappa shape index (κ3) is 4.15. The highest BCUT2D eigenvalue weighted by molar-refractivity contribution is 7.17. The van der Waals surface area contributed by atoms with Crippen LogP contribution in [0.25, 0.3) is 10.4 Å². The van der Waals surface area contributed by atoms with Crippen LogP contribution in [-0.4, -0.2) is 25.5 Å². The molecule has 3 N–H and O–H groups in total. The highest BCUT2D eigenvalue weighted by Crippen LogP contribution is 2.37. The van der Waals surface area contributed by atoms with Gasteiger partial charge in [-0.3, -0.25) is 9.59 Å². The molecule has 0 bridgehead atoms. The average molecular weight is 396 g/mol. The maximum Gasteiger partial charge on any atom is 0.269 e. The summed E-state index contributed by atoms with van der Waals surface area (Å²) >= 11 is 1.33. The molecule has 1 heterocycles. The summed E-state index contributed by atoms with van der Waals surface area (Å²) in [6.07, 6.45) is 0. The molecule has 0 saturated carbocycles. The number of primary amides is 1. The van der Waals surface area contributed by atoms with Crippen LogP contribution in [-0.2, 0) is 0 Å². The van der Waals surface area contributed by atoms with Gasteiger partial charge in [0.05, 0.1) is 19.4 Å². The number of methoxy groups -OCH3 is 1. The molecule has 0 aliphatic heterocycles. The Morgan fingerprint density at radius 3 is 2.46 bits per heavy atom. The van der Waals surface area contributed by atoms with E-state index in [9.17, 15) is 9.59 Å². The third-order valence-electron chi connectivity index (χ3n) is 3.99. The molecule has 0 unspecified atom stereocenters. The van der Waals surface area contributed by atoms with Gasteiger partial charge in [-0.05, 0) is 36.8 Å². The number of hydrogen-bond acceptors (Lipinski definition) is 5. The number of hydrogen-bond donors (Lipinski definition) is 2. The van der Waals surface area contributed by atoms with Gasteiger partial charge in [0.25, 0.3) is 5.91 Å². The molecule has 28 heavy (non-hydrogen) atoms. The molecule has 3 rings (SSSR count). The molecule has 1 aromatic heterocycles. The zero-order valence-corrected chi connectivity index (χ0v) is 16.3. The van der Waals surface area contributed by atoms with E-state index in [4.69, 9.17) is 15.2 Å². The van der Waals surface area contributed by atoms with Crippen molar-refractivity contribution in [2.45, 2.75) is 6.92 Å². The zero-order chi connectivity index (χ0) is 20.1. The van der Waals surface area contributed by atoms with Crippen LogP contribution in [0.1, 0.15) is 27.0 Å². The molecule has 0 aliphatic rings. The van der Waals surface area contributed by atoms with Crippen molar-refractivity contribution in [2.24, 2.45) is 5.73 Å². The molecule has 144 valence electrons. The number of nitrogens with one attached hydrogen (secondary N) is 1. The maximum absolute atomic E-state index is 13.0. The van der Waals surface area contributed by atoms with Crippen LogP contribution >= 0.6 is 11.3 Å². The van der Waals surface area contributed by atoms with E-state index in [1.807, 2.05) is 43.3 Å². The van der Waals surface area contributed by atoms with Gasteiger partial charge in [0.15, 0.2) is 0 Å². The van der Waals surface area contributed by atoms with Crippen molar-refractivity contribution < 1.29 is 19.1 Å². The third-order valence-corrected chi connectivity index (χ3v) is 5.16. The Hall–Kier alpha value is -3.32. The van der Waals surface area contributed by atoms with Gasteiger partial charge in [0.2, 0.25) is 5.91 Å². The van der Waals surface area contributed by atoms with Crippen LogP contribution in [0.4, 0.5) is 5.69 Å². The average Bonchev–Trinajstić information content (AvgIpc) is 3.13.